The van der Waals surface area contributed by atoms with Gasteiger partial charge in [0.25, 0.3) is 0 Å². The van der Waals surface area contributed by atoms with Crippen LogP contribution in [0.4, 0.5) is 28.4 Å². The average molecular weight is 703 g/mol. The molecule has 0 aliphatic heterocycles. The highest BCUT2D eigenvalue weighted by Gasteiger charge is 2.28. The van der Waals surface area contributed by atoms with Crippen molar-refractivity contribution >= 4 is 39.2 Å². The summed E-state index contributed by atoms with van der Waals surface area (Å²) in [6.07, 6.45) is 5.14. The first-order valence-electron chi connectivity index (χ1n) is 19.2. The van der Waals surface area contributed by atoms with Gasteiger partial charge < -0.3 is 24.6 Å². The summed E-state index contributed by atoms with van der Waals surface area (Å²) < 4.78 is 11.5. The molecule has 5 nitrogen and oxygen atoms in total. The van der Waals surface area contributed by atoms with Crippen molar-refractivity contribution in [1.82, 2.24) is 0 Å². The second-order valence-electron chi connectivity index (χ2n) is 14.0. The summed E-state index contributed by atoms with van der Waals surface area (Å²) in [6.45, 7) is 8.39. The molecule has 0 radical (unpaired) electrons. The molecule has 1 aliphatic carbocycles. The Morgan fingerprint density at radius 1 is 0.585 bits per heavy atom. The molecule has 0 bridgehead atoms. The smallest absolute Gasteiger partial charge is 0.142 e. The zero-order valence-corrected chi connectivity index (χ0v) is 31.8. The molecule has 1 aliphatic rings. The average Bonchev–Trinajstić information content (AvgIpc) is 3.21. The van der Waals surface area contributed by atoms with Gasteiger partial charge >= 0.3 is 0 Å². The SMILES string of the molecule is CCN(c1ccc([C+](c2ccc(N(CC)c3ccccc3OC)cc2)c2ccc(NC3CCCCC3C)c3ccccc23)cc1)c1ccccc1OC. The largest absolute Gasteiger partial charge is 0.495 e. The normalized spacial score (nSPS) is 15.5. The number of ether oxygens (including phenoxy) is 2. The van der Waals surface area contributed by atoms with Gasteiger partial charge in [-0.15, -0.1) is 0 Å². The number of nitrogens with zero attached hydrogens (tertiary/aromatic N) is 2. The molecule has 1 N–H and O–H groups in total. The van der Waals surface area contributed by atoms with Crippen LogP contribution in [0.2, 0.25) is 0 Å². The highest BCUT2D eigenvalue weighted by atomic mass is 16.5. The van der Waals surface area contributed by atoms with E-state index >= 15 is 0 Å². The summed E-state index contributed by atoms with van der Waals surface area (Å²) >= 11 is 0. The number of anilines is 5. The van der Waals surface area contributed by atoms with Gasteiger partial charge in [0.15, 0.2) is 0 Å². The minimum absolute atomic E-state index is 0.496. The predicted molar refractivity (Wildman–Crippen MR) is 224 cm³/mol. The van der Waals surface area contributed by atoms with Crippen molar-refractivity contribution in [3.63, 3.8) is 0 Å². The molecule has 270 valence electrons. The highest BCUT2D eigenvalue weighted by Crippen LogP contribution is 2.42. The lowest BCUT2D eigenvalue weighted by Gasteiger charge is -2.31. The lowest BCUT2D eigenvalue weighted by molar-refractivity contribution is 0.350. The fourth-order valence-corrected chi connectivity index (χ4v) is 8.16. The molecule has 0 spiro atoms. The summed E-state index contributed by atoms with van der Waals surface area (Å²) in [5.41, 5.74) is 9.14. The van der Waals surface area contributed by atoms with Crippen molar-refractivity contribution in [3.8, 4) is 11.5 Å². The molecule has 0 heterocycles. The highest BCUT2D eigenvalue weighted by molar-refractivity contribution is 5.98. The maximum absolute atomic E-state index is 5.75. The van der Waals surface area contributed by atoms with Crippen LogP contribution >= 0.6 is 0 Å². The molecule has 7 rings (SSSR count). The molecular formula is C48H52N3O2+. The summed E-state index contributed by atoms with van der Waals surface area (Å²) in [5.74, 6) is 3.60. The van der Waals surface area contributed by atoms with E-state index in [1.807, 2.05) is 24.3 Å². The molecule has 53 heavy (non-hydrogen) atoms. The molecule has 0 saturated heterocycles. The second-order valence-corrected chi connectivity index (χ2v) is 14.0. The van der Waals surface area contributed by atoms with Crippen molar-refractivity contribution in [3.05, 3.63) is 156 Å². The first kappa shape index (κ1) is 35.8. The van der Waals surface area contributed by atoms with Gasteiger partial charge in [-0.2, -0.15) is 0 Å². The third-order valence-electron chi connectivity index (χ3n) is 11.0. The number of para-hydroxylation sites is 4. The molecule has 1 saturated carbocycles. The number of rotatable bonds is 13. The van der Waals surface area contributed by atoms with E-state index in [0.29, 0.717) is 12.0 Å². The number of fused-ring (bicyclic) bond motifs is 1. The van der Waals surface area contributed by atoms with E-state index in [1.54, 1.807) is 14.2 Å². The Bertz CT molecular complexity index is 2010. The predicted octanol–water partition coefficient (Wildman–Crippen LogP) is 12.2. The van der Waals surface area contributed by atoms with E-state index in [9.17, 15) is 0 Å². The van der Waals surface area contributed by atoms with Gasteiger partial charge in [0.1, 0.15) is 11.5 Å². The molecule has 5 heteroatoms. The summed E-state index contributed by atoms with van der Waals surface area (Å²) in [4.78, 5) is 4.60. The zero-order valence-electron chi connectivity index (χ0n) is 31.8. The van der Waals surface area contributed by atoms with Crippen LogP contribution in [0.1, 0.15) is 63.1 Å². The van der Waals surface area contributed by atoms with Crippen LogP contribution in [-0.4, -0.2) is 33.4 Å². The Balaban J connectivity index is 1.31. The Morgan fingerprint density at radius 2 is 1.08 bits per heavy atom. The van der Waals surface area contributed by atoms with E-state index in [4.69, 9.17) is 9.47 Å². The van der Waals surface area contributed by atoms with Crippen LogP contribution in [0.15, 0.2) is 133 Å². The van der Waals surface area contributed by atoms with E-state index in [1.165, 1.54) is 64.8 Å². The summed E-state index contributed by atoms with van der Waals surface area (Å²) in [7, 11) is 3.47. The maximum atomic E-state index is 5.75. The fraction of sp³-hybridized carbons (Fsp3) is 0.271. The van der Waals surface area contributed by atoms with Crippen LogP contribution in [0.3, 0.4) is 0 Å². The molecule has 2 unspecified atom stereocenters. The fourth-order valence-electron chi connectivity index (χ4n) is 8.16. The molecule has 6 aromatic rings. The Hall–Kier alpha value is -5.55. The van der Waals surface area contributed by atoms with Crippen LogP contribution in [0.5, 0.6) is 11.5 Å². The standard InChI is InChI=1S/C48H52N3O2/c1-6-50(44-20-12-14-22-46(44)52-4)37-28-24-35(25-29-37)48(36-26-30-38(31-27-36)51(7-2)45-21-13-15-23-47(45)53-5)41-32-33-43(40-18-10-9-17-39(40)41)49-42-19-11-8-16-34(42)3/h9-10,12-15,17-18,20-34,42,49H,6-8,11,16,19H2,1-5H3/q+1. The monoisotopic (exact) mass is 702 g/mol. The van der Waals surface area contributed by atoms with Gasteiger partial charge in [-0.3, -0.25) is 0 Å². The number of benzene rings is 6. The quantitative estimate of drug-likeness (QED) is 0.0958. The summed E-state index contributed by atoms with van der Waals surface area (Å²) in [5, 5.41) is 6.49. The van der Waals surface area contributed by atoms with E-state index in [2.05, 4.69) is 145 Å². The molecule has 0 amide bonds. The van der Waals surface area contributed by atoms with Gasteiger partial charge in [-0.25, -0.2) is 0 Å². The van der Waals surface area contributed by atoms with Crippen molar-refractivity contribution in [2.75, 3.05) is 42.4 Å². The Labute approximate surface area is 316 Å². The molecule has 2 atom stereocenters. The third-order valence-corrected chi connectivity index (χ3v) is 11.0. The van der Waals surface area contributed by atoms with Crippen molar-refractivity contribution in [2.45, 2.75) is 52.5 Å². The Kier molecular flexibility index (Phi) is 11.1. The van der Waals surface area contributed by atoms with Crippen LogP contribution in [0, 0.1) is 11.8 Å². The maximum Gasteiger partial charge on any atom is 0.142 e. The first-order valence-corrected chi connectivity index (χ1v) is 19.2. The van der Waals surface area contributed by atoms with Crippen LogP contribution in [0.25, 0.3) is 10.8 Å². The minimum atomic E-state index is 0.496. The lowest BCUT2D eigenvalue weighted by Crippen LogP contribution is -2.30. The molecule has 6 aromatic carbocycles. The van der Waals surface area contributed by atoms with E-state index in [-0.39, 0.29) is 0 Å². The lowest BCUT2D eigenvalue weighted by atomic mass is 9.82. The van der Waals surface area contributed by atoms with Gasteiger partial charge in [-0.05, 0) is 130 Å². The van der Waals surface area contributed by atoms with Gasteiger partial charge in [0, 0.05) is 29.9 Å². The number of hydrogen-bond donors (Lipinski definition) is 1. The van der Waals surface area contributed by atoms with Crippen molar-refractivity contribution < 1.29 is 9.47 Å². The first-order chi connectivity index (χ1) is 26.0. The van der Waals surface area contributed by atoms with Gasteiger partial charge in [-0.1, -0.05) is 56.2 Å². The van der Waals surface area contributed by atoms with Crippen LogP contribution in [-0.2, 0) is 0 Å². The van der Waals surface area contributed by atoms with Crippen molar-refractivity contribution in [2.24, 2.45) is 5.92 Å². The van der Waals surface area contributed by atoms with Crippen molar-refractivity contribution in [1.29, 1.82) is 0 Å². The third kappa shape index (κ3) is 7.39. The second kappa shape index (κ2) is 16.4. The van der Waals surface area contributed by atoms with E-state index < -0.39 is 0 Å². The molecular weight excluding hydrogens is 651 g/mol. The zero-order chi connectivity index (χ0) is 36.7. The van der Waals surface area contributed by atoms with E-state index in [0.717, 1.165) is 47.3 Å². The minimum Gasteiger partial charge on any atom is -0.495 e. The molecule has 1 fully saturated rings. The van der Waals surface area contributed by atoms with Gasteiger partial charge in [0.05, 0.1) is 65.3 Å². The molecule has 0 aromatic heterocycles. The summed E-state index contributed by atoms with van der Waals surface area (Å²) in [6, 6.07) is 48.5. The number of hydrogen-bond acceptors (Lipinski definition) is 5. The topological polar surface area (TPSA) is 37.0 Å². The Morgan fingerprint density at radius 3 is 1.58 bits per heavy atom. The van der Waals surface area contributed by atoms with Crippen LogP contribution < -0.4 is 24.6 Å². The number of methoxy groups -OCH3 is 2. The van der Waals surface area contributed by atoms with Gasteiger partial charge in [0.2, 0.25) is 0 Å². The number of nitrogens with one attached hydrogen (secondary N) is 1.